The van der Waals surface area contributed by atoms with E-state index in [1.54, 1.807) is 0 Å². The molecule has 0 aliphatic heterocycles. The van der Waals surface area contributed by atoms with Crippen LogP contribution in [-0.2, 0) is 0 Å². The Morgan fingerprint density at radius 2 is 0.827 bits per heavy atom. The topological polar surface area (TPSA) is 13.1 Å². The third kappa shape index (κ3) is 5.55. The zero-order chi connectivity index (χ0) is 35.4. The zero-order valence-corrected chi connectivity index (χ0v) is 31.3. The molecular formula is C49H40OSi2. The molecule has 0 saturated heterocycles. The molecule has 1 nitrogen and oxygen atoms in total. The summed E-state index contributed by atoms with van der Waals surface area (Å²) in [6, 6.07) is 73.2. The van der Waals surface area contributed by atoms with Crippen molar-refractivity contribution in [2.45, 2.75) is 6.92 Å². The van der Waals surface area contributed by atoms with Crippen LogP contribution in [0.5, 0.6) is 0 Å². The summed E-state index contributed by atoms with van der Waals surface area (Å²) in [5.41, 5.74) is 1.99. The van der Waals surface area contributed by atoms with Gasteiger partial charge in [0, 0.05) is 10.9 Å². The van der Waals surface area contributed by atoms with Crippen LogP contribution in [0.15, 0.2) is 222 Å². The van der Waals surface area contributed by atoms with Crippen LogP contribution in [-0.4, -0.2) is 16.1 Å². The molecule has 250 valence electrons. The van der Waals surface area contributed by atoms with Crippen LogP contribution in [0.25, 0.3) is 17.0 Å². The van der Waals surface area contributed by atoms with Gasteiger partial charge >= 0.3 is 0 Å². The smallest absolute Gasteiger partial charge is 0.179 e. The lowest BCUT2D eigenvalue weighted by atomic mass is 10.1. The lowest BCUT2D eigenvalue weighted by molar-refractivity contribution is 0.577. The Morgan fingerprint density at radius 3 is 1.19 bits per heavy atom. The fraction of sp³-hybridized carbons (Fsp3) is 0.0204. The first-order valence-electron chi connectivity index (χ1n) is 17.9. The normalized spacial score (nSPS) is 12.1. The predicted octanol–water partition coefficient (Wildman–Crippen LogP) is 7.40. The van der Waals surface area contributed by atoms with Crippen molar-refractivity contribution in [3.05, 3.63) is 229 Å². The maximum absolute atomic E-state index is 6.61. The van der Waals surface area contributed by atoms with E-state index < -0.39 is 16.1 Å². The van der Waals surface area contributed by atoms with Crippen molar-refractivity contribution in [3.8, 4) is 0 Å². The van der Waals surface area contributed by atoms with Gasteiger partial charge in [-0.1, -0.05) is 213 Å². The van der Waals surface area contributed by atoms with Crippen LogP contribution in [0, 0.1) is 6.92 Å². The molecule has 0 radical (unpaired) electrons. The van der Waals surface area contributed by atoms with Crippen LogP contribution in [0.2, 0.25) is 0 Å². The van der Waals surface area contributed by atoms with Gasteiger partial charge in [0.15, 0.2) is 16.1 Å². The number of furan rings is 1. The molecule has 0 atom stereocenters. The Balaban J connectivity index is 1.44. The Morgan fingerprint density at radius 1 is 0.462 bits per heavy atom. The van der Waals surface area contributed by atoms with Crippen molar-refractivity contribution in [2.75, 3.05) is 0 Å². The Bertz CT molecular complexity index is 2260. The molecule has 0 unspecified atom stereocenters. The summed E-state index contributed by atoms with van der Waals surface area (Å²) in [6.45, 7) is 6.61. The van der Waals surface area contributed by atoms with Gasteiger partial charge < -0.3 is 4.42 Å². The number of benzene rings is 7. The molecule has 0 spiro atoms. The molecule has 3 heteroatoms. The van der Waals surface area contributed by atoms with E-state index in [-0.39, 0.29) is 0 Å². The van der Waals surface area contributed by atoms with Crippen molar-refractivity contribution >= 4 is 69.5 Å². The standard InChI is InChI=1S/C49H40OSi2/c1-3-39(51(40-22-10-4-11-23-40,41-24-12-5-13-25-41)42-26-14-6-15-27-42)36-47-38(2)50-49-35-34-46(37-48(47)49)52(43-28-16-7-17-29-43,44-30-18-8-19-31-44)45-32-20-9-21-33-45/h3-37H,1H2,2H3/b39-36+. The predicted molar refractivity (Wildman–Crippen MR) is 227 cm³/mol. The van der Waals surface area contributed by atoms with Gasteiger partial charge in [-0.3, -0.25) is 0 Å². The number of fused-ring (bicyclic) bond motifs is 1. The molecule has 8 rings (SSSR count). The highest BCUT2D eigenvalue weighted by atomic mass is 28.3. The molecule has 0 bridgehead atoms. The largest absolute Gasteiger partial charge is 0.461 e. The molecule has 0 fully saturated rings. The number of hydrogen-bond donors (Lipinski definition) is 0. The van der Waals surface area contributed by atoms with E-state index in [4.69, 9.17) is 4.42 Å². The minimum Gasteiger partial charge on any atom is -0.461 e. The van der Waals surface area contributed by atoms with Crippen LogP contribution >= 0.6 is 0 Å². The van der Waals surface area contributed by atoms with E-state index in [9.17, 15) is 0 Å². The molecule has 8 aromatic rings. The minimum atomic E-state index is -2.82. The fourth-order valence-electron chi connectivity index (χ4n) is 8.26. The summed E-state index contributed by atoms with van der Waals surface area (Å²) in [5.74, 6) is 0.898. The van der Waals surface area contributed by atoms with Crippen molar-refractivity contribution in [2.24, 2.45) is 0 Å². The number of hydrogen-bond acceptors (Lipinski definition) is 1. The zero-order valence-electron chi connectivity index (χ0n) is 29.3. The maximum atomic E-state index is 6.61. The molecule has 52 heavy (non-hydrogen) atoms. The summed E-state index contributed by atoms with van der Waals surface area (Å²) >= 11 is 0. The first kappa shape index (κ1) is 33.2. The van der Waals surface area contributed by atoms with Gasteiger partial charge in [0.25, 0.3) is 0 Å². The Kier molecular flexibility index (Phi) is 9.13. The van der Waals surface area contributed by atoms with Gasteiger partial charge in [0.2, 0.25) is 0 Å². The lowest BCUT2D eigenvalue weighted by Crippen LogP contribution is -2.74. The third-order valence-corrected chi connectivity index (χ3v) is 20.1. The van der Waals surface area contributed by atoms with Crippen molar-refractivity contribution in [3.63, 3.8) is 0 Å². The summed E-state index contributed by atoms with van der Waals surface area (Å²) < 4.78 is 6.61. The van der Waals surface area contributed by atoms with E-state index in [0.29, 0.717) is 0 Å². The lowest BCUT2D eigenvalue weighted by Gasteiger charge is -2.35. The SMILES string of the molecule is C=C/C(=C\c1c(C)oc2ccc([Si](c3ccccc3)(c3ccccc3)c3ccccc3)cc12)[Si](c1ccccc1)(c1ccccc1)c1ccccc1. The molecule has 0 saturated carbocycles. The number of aryl methyl sites for hydroxylation is 1. The molecule has 0 aliphatic rings. The van der Waals surface area contributed by atoms with Crippen LogP contribution in [0.1, 0.15) is 11.3 Å². The quantitative estimate of drug-likeness (QED) is 0.0824. The molecule has 0 amide bonds. The maximum Gasteiger partial charge on any atom is 0.179 e. The minimum absolute atomic E-state index is 0.888. The van der Waals surface area contributed by atoms with Crippen molar-refractivity contribution in [1.29, 1.82) is 0 Å². The monoisotopic (exact) mass is 700 g/mol. The number of allylic oxidation sites excluding steroid dienone is 2. The van der Waals surface area contributed by atoms with Crippen LogP contribution in [0.3, 0.4) is 0 Å². The molecular weight excluding hydrogens is 661 g/mol. The van der Waals surface area contributed by atoms with Crippen molar-refractivity contribution < 1.29 is 4.42 Å². The average Bonchev–Trinajstić information content (AvgIpc) is 3.54. The average molecular weight is 701 g/mol. The van der Waals surface area contributed by atoms with Crippen molar-refractivity contribution in [1.82, 2.24) is 0 Å². The third-order valence-electron chi connectivity index (χ3n) is 10.5. The van der Waals surface area contributed by atoms with Gasteiger partial charge in [-0.15, -0.1) is 0 Å². The van der Waals surface area contributed by atoms with E-state index in [2.05, 4.69) is 226 Å². The molecule has 0 aliphatic carbocycles. The number of rotatable bonds is 10. The molecule has 1 heterocycles. The van der Waals surface area contributed by atoms with Gasteiger partial charge in [0.1, 0.15) is 11.3 Å². The second-order valence-corrected chi connectivity index (χ2v) is 20.9. The molecule has 0 N–H and O–H groups in total. The first-order chi connectivity index (χ1) is 25.7. The van der Waals surface area contributed by atoms with E-state index in [1.165, 1.54) is 41.5 Å². The summed E-state index contributed by atoms with van der Waals surface area (Å²) in [6.07, 6.45) is 4.48. The summed E-state index contributed by atoms with van der Waals surface area (Å²) in [7, 11) is -5.57. The van der Waals surface area contributed by atoms with Gasteiger partial charge in [-0.2, -0.15) is 0 Å². The van der Waals surface area contributed by atoms with Gasteiger partial charge in [-0.25, -0.2) is 0 Å². The molecule has 1 aromatic heterocycles. The second-order valence-electron chi connectivity index (χ2n) is 13.3. The van der Waals surface area contributed by atoms with Gasteiger partial charge in [-0.05, 0) is 54.5 Å². The highest BCUT2D eigenvalue weighted by molar-refractivity contribution is 7.20. The highest BCUT2D eigenvalue weighted by Gasteiger charge is 2.43. The molecule has 7 aromatic carbocycles. The fourth-order valence-corrected chi connectivity index (χ4v) is 17.8. The van der Waals surface area contributed by atoms with Crippen LogP contribution in [0.4, 0.5) is 0 Å². The van der Waals surface area contributed by atoms with Gasteiger partial charge in [0.05, 0.1) is 0 Å². The summed E-state index contributed by atoms with van der Waals surface area (Å²) in [4.78, 5) is 0. The second kappa shape index (κ2) is 14.3. The van der Waals surface area contributed by atoms with E-state index in [0.717, 1.165) is 22.3 Å². The highest BCUT2D eigenvalue weighted by Crippen LogP contribution is 2.30. The summed E-state index contributed by atoms with van der Waals surface area (Å²) in [5, 5.41) is 11.6. The first-order valence-corrected chi connectivity index (χ1v) is 21.9. The Hall–Kier alpha value is -6.01. The Labute approximate surface area is 308 Å². The van der Waals surface area contributed by atoms with E-state index >= 15 is 0 Å². The van der Waals surface area contributed by atoms with E-state index in [1.807, 2.05) is 0 Å². The van der Waals surface area contributed by atoms with Crippen LogP contribution < -0.4 is 36.3 Å².